The average Bonchev–Trinajstić information content (AvgIpc) is 2.39. The van der Waals surface area contributed by atoms with E-state index in [2.05, 4.69) is 26.1 Å². The van der Waals surface area contributed by atoms with Crippen LogP contribution in [0, 0.1) is 17.0 Å². The van der Waals surface area contributed by atoms with Crippen LogP contribution in [0.15, 0.2) is 16.6 Å². The molecule has 20 heavy (non-hydrogen) atoms. The van der Waals surface area contributed by atoms with Gasteiger partial charge in [0.1, 0.15) is 11.6 Å². The van der Waals surface area contributed by atoms with Gasteiger partial charge in [-0.15, -0.1) is 0 Å². The monoisotopic (exact) mass is 346 g/mol. The van der Waals surface area contributed by atoms with E-state index in [0.29, 0.717) is 4.47 Å². The predicted molar refractivity (Wildman–Crippen MR) is 80.7 cm³/mol. The third kappa shape index (κ3) is 3.21. The first-order chi connectivity index (χ1) is 9.32. The molecule has 1 heterocycles. The lowest BCUT2D eigenvalue weighted by atomic mass is 9.80. The van der Waals surface area contributed by atoms with Gasteiger partial charge in [-0.1, -0.05) is 20.8 Å². The minimum atomic E-state index is -0.483. The maximum absolute atomic E-state index is 14.5. The van der Waals surface area contributed by atoms with Crippen LogP contribution in [0.3, 0.4) is 0 Å². The smallest absolute Gasteiger partial charge is 0.145 e. The third-order valence-electron chi connectivity index (χ3n) is 3.69. The van der Waals surface area contributed by atoms with Crippen LogP contribution in [-0.2, 0) is 0 Å². The maximum atomic E-state index is 14.5. The van der Waals surface area contributed by atoms with Gasteiger partial charge >= 0.3 is 0 Å². The molecule has 5 heteroatoms. The number of nitrogens with one attached hydrogen (secondary N) is 1. The number of nitrogens with zero attached hydrogens (tertiary/aromatic N) is 1. The van der Waals surface area contributed by atoms with Gasteiger partial charge in [-0.2, -0.15) is 0 Å². The summed E-state index contributed by atoms with van der Waals surface area (Å²) in [4.78, 5) is 2.17. The van der Waals surface area contributed by atoms with E-state index in [1.807, 2.05) is 20.8 Å². The summed E-state index contributed by atoms with van der Waals surface area (Å²) in [5.41, 5.74) is -0.0754. The van der Waals surface area contributed by atoms with E-state index in [9.17, 15) is 8.78 Å². The van der Waals surface area contributed by atoms with Crippen molar-refractivity contribution in [2.45, 2.75) is 26.8 Å². The molecule has 0 amide bonds. The molecular weight excluding hydrogens is 326 g/mol. The van der Waals surface area contributed by atoms with Crippen LogP contribution in [0.2, 0.25) is 0 Å². The highest BCUT2D eigenvalue weighted by Gasteiger charge is 2.36. The molecule has 1 aromatic rings. The second-order valence-corrected chi connectivity index (χ2v) is 7.17. The molecule has 0 spiro atoms. The van der Waals surface area contributed by atoms with E-state index in [1.165, 1.54) is 12.1 Å². The molecule has 0 unspecified atom stereocenters. The quantitative estimate of drug-likeness (QED) is 0.821. The van der Waals surface area contributed by atoms with Crippen LogP contribution in [0.5, 0.6) is 0 Å². The van der Waals surface area contributed by atoms with Gasteiger partial charge in [0.2, 0.25) is 0 Å². The van der Waals surface area contributed by atoms with Gasteiger partial charge in [-0.05, 0) is 33.5 Å². The van der Waals surface area contributed by atoms with E-state index in [4.69, 9.17) is 0 Å². The Morgan fingerprint density at radius 3 is 2.35 bits per heavy atom. The Bertz CT molecular complexity index is 479. The largest absolute Gasteiger partial charge is 0.314 e. The van der Waals surface area contributed by atoms with Gasteiger partial charge in [-0.3, -0.25) is 4.90 Å². The first-order valence-corrected chi connectivity index (χ1v) is 7.70. The van der Waals surface area contributed by atoms with E-state index < -0.39 is 11.6 Å². The number of rotatable bonds is 2. The molecule has 1 aliphatic rings. The van der Waals surface area contributed by atoms with Gasteiger partial charge in [0.25, 0.3) is 0 Å². The number of piperazine rings is 1. The fourth-order valence-electron chi connectivity index (χ4n) is 2.90. The SMILES string of the molecule is CC(C)(C)[C@H](c1c(F)ccc(Br)c1F)N1CCNCC1. The Labute approximate surface area is 127 Å². The zero-order valence-corrected chi connectivity index (χ0v) is 13.7. The van der Waals surface area contributed by atoms with Crippen LogP contribution in [0.25, 0.3) is 0 Å². The van der Waals surface area contributed by atoms with Crippen molar-refractivity contribution in [2.75, 3.05) is 26.2 Å². The van der Waals surface area contributed by atoms with Crippen molar-refractivity contribution in [1.29, 1.82) is 0 Å². The van der Waals surface area contributed by atoms with Gasteiger partial charge < -0.3 is 5.32 Å². The average molecular weight is 347 g/mol. The van der Waals surface area contributed by atoms with Crippen LogP contribution in [0.4, 0.5) is 8.78 Å². The number of hydrogen-bond acceptors (Lipinski definition) is 2. The second kappa shape index (κ2) is 6.08. The molecule has 0 aromatic heterocycles. The molecular formula is C15H21BrF2N2. The predicted octanol–water partition coefficient (Wildman–Crippen LogP) is 3.72. The van der Waals surface area contributed by atoms with Gasteiger partial charge in [-0.25, -0.2) is 8.78 Å². The topological polar surface area (TPSA) is 15.3 Å². The molecule has 0 saturated carbocycles. The molecule has 1 aromatic carbocycles. The lowest BCUT2D eigenvalue weighted by molar-refractivity contribution is 0.0803. The highest BCUT2D eigenvalue weighted by molar-refractivity contribution is 9.10. The minimum absolute atomic E-state index is 0.175. The normalized spacial score (nSPS) is 19.1. The fraction of sp³-hybridized carbons (Fsp3) is 0.600. The Morgan fingerprint density at radius 1 is 1.20 bits per heavy atom. The maximum Gasteiger partial charge on any atom is 0.145 e. The molecule has 1 aliphatic heterocycles. The molecule has 0 aliphatic carbocycles. The Hall–Kier alpha value is -0.520. The Balaban J connectivity index is 2.49. The Morgan fingerprint density at radius 2 is 1.80 bits per heavy atom. The van der Waals surface area contributed by atoms with E-state index in [1.54, 1.807) is 0 Å². The summed E-state index contributed by atoms with van der Waals surface area (Å²) in [6.07, 6.45) is 0. The van der Waals surface area contributed by atoms with Crippen LogP contribution in [0.1, 0.15) is 32.4 Å². The standard InChI is InChI=1S/C15H21BrF2N2/c1-15(2,3)14(20-8-6-19-7-9-20)12-11(17)5-4-10(16)13(12)18/h4-5,14,19H,6-9H2,1-3H3/t14-/m0/s1. The van der Waals surface area contributed by atoms with Crippen LogP contribution >= 0.6 is 15.9 Å². The summed E-state index contributed by atoms with van der Waals surface area (Å²) in [7, 11) is 0. The van der Waals surface area contributed by atoms with Crippen molar-refractivity contribution in [1.82, 2.24) is 10.2 Å². The first-order valence-electron chi connectivity index (χ1n) is 6.90. The van der Waals surface area contributed by atoms with Gasteiger partial charge in [0, 0.05) is 37.8 Å². The van der Waals surface area contributed by atoms with Crippen molar-refractivity contribution >= 4 is 15.9 Å². The molecule has 2 rings (SSSR count). The Kier molecular flexibility index (Phi) is 4.82. The summed E-state index contributed by atoms with van der Waals surface area (Å²) in [5, 5.41) is 3.27. The number of benzene rings is 1. The summed E-state index contributed by atoms with van der Waals surface area (Å²) < 4.78 is 29.0. The van der Waals surface area contributed by atoms with E-state index in [0.717, 1.165) is 26.2 Å². The summed E-state index contributed by atoms with van der Waals surface area (Å²) in [6, 6.07) is 2.48. The van der Waals surface area contributed by atoms with Gasteiger partial charge in [0.15, 0.2) is 0 Å². The zero-order valence-electron chi connectivity index (χ0n) is 12.1. The van der Waals surface area contributed by atoms with Crippen molar-refractivity contribution in [2.24, 2.45) is 5.41 Å². The molecule has 1 saturated heterocycles. The summed E-state index contributed by atoms with van der Waals surface area (Å²) >= 11 is 3.17. The van der Waals surface area contributed by atoms with Gasteiger partial charge in [0.05, 0.1) is 4.47 Å². The molecule has 112 valence electrons. The fourth-order valence-corrected chi connectivity index (χ4v) is 3.24. The molecule has 1 N–H and O–H groups in total. The molecule has 1 fully saturated rings. The summed E-state index contributed by atoms with van der Waals surface area (Å²) in [6.45, 7) is 9.38. The first kappa shape index (κ1) is 15.9. The lowest BCUT2D eigenvalue weighted by Gasteiger charge is -2.42. The molecule has 1 atom stereocenters. The van der Waals surface area contributed by atoms with Crippen molar-refractivity contribution < 1.29 is 8.78 Å². The minimum Gasteiger partial charge on any atom is -0.314 e. The van der Waals surface area contributed by atoms with Crippen LogP contribution < -0.4 is 5.32 Å². The summed E-state index contributed by atoms with van der Waals surface area (Å²) in [5.74, 6) is -0.951. The molecule has 0 bridgehead atoms. The van der Waals surface area contributed by atoms with Crippen molar-refractivity contribution in [3.63, 3.8) is 0 Å². The van der Waals surface area contributed by atoms with E-state index >= 15 is 0 Å². The van der Waals surface area contributed by atoms with E-state index in [-0.39, 0.29) is 17.0 Å². The second-order valence-electron chi connectivity index (χ2n) is 6.31. The van der Waals surface area contributed by atoms with Crippen LogP contribution in [-0.4, -0.2) is 31.1 Å². The number of hydrogen-bond donors (Lipinski definition) is 1. The third-order valence-corrected chi connectivity index (χ3v) is 4.30. The zero-order chi connectivity index (χ0) is 14.9. The van der Waals surface area contributed by atoms with Crippen molar-refractivity contribution in [3.8, 4) is 0 Å². The molecule has 0 radical (unpaired) electrons. The highest BCUT2D eigenvalue weighted by atomic mass is 79.9. The molecule has 2 nitrogen and oxygen atoms in total. The number of halogens is 3. The highest BCUT2D eigenvalue weighted by Crippen LogP contribution is 2.41. The van der Waals surface area contributed by atoms with Crippen molar-refractivity contribution in [3.05, 3.63) is 33.8 Å². The lowest BCUT2D eigenvalue weighted by Crippen LogP contribution is -2.48.